The Hall–Kier alpha value is -2.03. The summed E-state index contributed by atoms with van der Waals surface area (Å²) in [5.74, 6) is 2.54. The van der Waals surface area contributed by atoms with Crippen LogP contribution in [-0.2, 0) is 14.9 Å². The lowest BCUT2D eigenvalue weighted by molar-refractivity contribution is 0.0376. The lowest BCUT2D eigenvalue weighted by atomic mass is 9.74. The maximum absolute atomic E-state index is 5.68. The van der Waals surface area contributed by atoms with Gasteiger partial charge in [-0.15, -0.1) is 0 Å². The molecule has 8 heteroatoms. The van der Waals surface area contributed by atoms with Crippen molar-refractivity contribution in [1.82, 2.24) is 15.5 Å². The smallest absolute Gasteiger partial charge is 0.231 e. The molecular formula is C23H36N4O4. The van der Waals surface area contributed by atoms with Gasteiger partial charge in [-0.1, -0.05) is 6.07 Å². The second-order valence-electron chi connectivity index (χ2n) is 8.39. The maximum Gasteiger partial charge on any atom is 0.231 e. The van der Waals surface area contributed by atoms with E-state index in [1.165, 1.54) is 5.56 Å². The Morgan fingerprint density at radius 2 is 1.81 bits per heavy atom. The van der Waals surface area contributed by atoms with Gasteiger partial charge in [-0.2, -0.15) is 0 Å². The van der Waals surface area contributed by atoms with Crippen LogP contribution in [0.5, 0.6) is 11.5 Å². The maximum atomic E-state index is 5.68. The van der Waals surface area contributed by atoms with Crippen LogP contribution in [0.25, 0.3) is 0 Å². The molecule has 0 aromatic heterocycles. The zero-order chi connectivity index (χ0) is 21.4. The van der Waals surface area contributed by atoms with Crippen LogP contribution in [0.1, 0.15) is 31.7 Å². The first-order valence-corrected chi connectivity index (χ1v) is 11.6. The quantitative estimate of drug-likeness (QED) is 0.368. The van der Waals surface area contributed by atoms with Crippen LogP contribution >= 0.6 is 0 Å². The van der Waals surface area contributed by atoms with Crippen LogP contribution in [0.4, 0.5) is 0 Å². The minimum atomic E-state index is -0.0462. The fraction of sp³-hybridized carbons (Fsp3) is 0.696. The SMILES string of the molecule is CCNC(=NCC1(c2ccc3c(c2)OCO3)CCOCC1)NCCCN1CCOCC1. The lowest BCUT2D eigenvalue weighted by Crippen LogP contribution is -2.42. The third-order valence-electron chi connectivity index (χ3n) is 6.37. The summed E-state index contributed by atoms with van der Waals surface area (Å²) in [6.45, 7) is 11.2. The van der Waals surface area contributed by atoms with Gasteiger partial charge >= 0.3 is 0 Å². The van der Waals surface area contributed by atoms with Crippen molar-refractivity contribution in [3.8, 4) is 11.5 Å². The first kappa shape index (κ1) is 22.2. The normalized spacial score (nSPS) is 21.1. The van der Waals surface area contributed by atoms with Gasteiger partial charge in [0, 0.05) is 44.8 Å². The molecule has 2 N–H and O–H groups in total. The monoisotopic (exact) mass is 432 g/mol. The highest BCUT2D eigenvalue weighted by atomic mass is 16.7. The number of nitrogens with one attached hydrogen (secondary N) is 2. The molecule has 0 amide bonds. The molecule has 0 bridgehead atoms. The number of morpholine rings is 1. The second kappa shape index (κ2) is 11.0. The minimum absolute atomic E-state index is 0.0462. The molecule has 1 aromatic carbocycles. The summed E-state index contributed by atoms with van der Waals surface area (Å²) in [6.07, 6.45) is 2.99. The first-order valence-electron chi connectivity index (χ1n) is 11.6. The van der Waals surface area contributed by atoms with E-state index in [1.807, 2.05) is 6.07 Å². The Labute approximate surface area is 185 Å². The van der Waals surface area contributed by atoms with Crippen LogP contribution in [0.15, 0.2) is 23.2 Å². The van der Waals surface area contributed by atoms with E-state index in [0.717, 1.165) is 102 Å². The fourth-order valence-electron chi connectivity index (χ4n) is 4.43. The van der Waals surface area contributed by atoms with Gasteiger partial charge in [0.05, 0.1) is 19.8 Å². The molecule has 8 nitrogen and oxygen atoms in total. The molecule has 0 spiro atoms. The molecule has 0 aliphatic carbocycles. The van der Waals surface area contributed by atoms with E-state index in [9.17, 15) is 0 Å². The number of fused-ring (bicyclic) bond motifs is 1. The summed E-state index contributed by atoms with van der Waals surface area (Å²) in [5, 5.41) is 6.92. The molecule has 2 saturated heterocycles. The van der Waals surface area contributed by atoms with Crippen molar-refractivity contribution in [2.75, 3.05) is 72.5 Å². The van der Waals surface area contributed by atoms with Crippen LogP contribution in [0, 0.1) is 0 Å². The Morgan fingerprint density at radius 1 is 1.03 bits per heavy atom. The van der Waals surface area contributed by atoms with Crippen molar-refractivity contribution in [3.05, 3.63) is 23.8 Å². The van der Waals surface area contributed by atoms with Crippen LogP contribution in [0.2, 0.25) is 0 Å². The van der Waals surface area contributed by atoms with Crippen molar-refractivity contribution in [3.63, 3.8) is 0 Å². The van der Waals surface area contributed by atoms with Gasteiger partial charge in [0.2, 0.25) is 6.79 Å². The number of benzene rings is 1. The van der Waals surface area contributed by atoms with Crippen LogP contribution in [-0.4, -0.2) is 83.3 Å². The number of aliphatic imine (C=N–C) groups is 1. The molecule has 31 heavy (non-hydrogen) atoms. The molecule has 0 unspecified atom stereocenters. The highest BCUT2D eigenvalue weighted by molar-refractivity contribution is 5.79. The fourth-order valence-corrected chi connectivity index (χ4v) is 4.43. The Kier molecular flexibility index (Phi) is 7.88. The number of rotatable bonds is 8. The number of guanidine groups is 1. The average Bonchev–Trinajstić information content (AvgIpc) is 3.29. The highest BCUT2D eigenvalue weighted by Crippen LogP contribution is 2.41. The van der Waals surface area contributed by atoms with Gasteiger partial charge in [0.25, 0.3) is 0 Å². The summed E-state index contributed by atoms with van der Waals surface area (Å²) in [7, 11) is 0. The van der Waals surface area contributed by atoms with Crippen LogP contribution < -0.4 is 20.1 Å². The van der Waals surface area contributed by atoms with Crippen LogP contribution in [0.3, 0.4) is 0 Å². The zero-order valence-electron chi connectivity index (χ0n) is 18.7. The van der Waals surface area contributed by atoms with E-state index in [0.29, 0.717) is 6.79 Å². The largest absolute Gasteiger partial charge is 0.454 e. The molecule has 3 aliphatic heterocycles. The van der Waals surface area contributed by atoms with E-state index < -0.39 is 0 Å². The molecule has 4 rings (SSSR count). The van der Waals surface area contributed by atoms with Crippen molar-refractivity contribution in [2.24, 2.45) is 4.99 Å². The van der Waals surface area contributed by atoms with E-state index in [2.05, 4.69) is 34.6 Å². The van der Waals surface area contributed by atoms with E-state index >= 15 is 0 Å². The summed E-state index contributed by atoms with van der Waals surface area (Å²) >= 11 is 0. The third-order valence-corrected chi connectivity index (χ3v) is 6.37. The zero-order valence-corrected chi connectivity index (χ0v) is 18.7. The molecule has 3 heterocycles. The Balaban J connectivity index is 1.38. The molecule has 0 radical (unpaired) electrons. The predicted octanol–water partition coefficient (Wildman–Crippen LogP) is 1.74. The van der Waals surface area contributed by atoms with Gasteiger partial charge in [-0.3, -0.25) is 9.89 Å². The summed E-state index contributed by atoms with van der Waals surface area (Å²) in [5.41, 5.74) is 1.21. The van der Waals surface area contributed by atoms with Gasteiger partial charge in [0.1, 0.15) is 0 Å². The minimum Gasteiger partial charge on any atom is -0.454 e. The number of ether oxygens (including phenoxy) is 4. The van der Waals surface area contributed by atoms with Gasteiger partial charge < -0.3 is 29.6 Å². The highest BCUT2D eigenvalue weighted by Gasteiger charge is 2.35. The number of nitrogens with zero attached hydrogens (tertiary/aromatic N) is 2. The number of hydrogen-bond donors (Lipinski definition) is 2. The molecule has 172 valence electrons. The molecule has 3 aliphatic rings. The Bertz CT molecular complexity index is 730. The van der Waals surface area contributed by atoms with Crippen molar-refractivity contribution < 1.29 is 18.9 Å². The van der Waals surface area contributed by atoms with E-state index in [-0.39, 0.29) is 5.41 Å². The third kappa shape index (κ3) is 5.81. The lowest BCUT2D eigenvalue weighted by Gasteiger charge is -2.36. The molecule has 2 fully saturated rings. The Morgan fingerprint density at radius 3 is 2.61 bits per heavy atom. The summed E-state index contributed by atoms with van der Waals surface area (Å²) in [6, 6.07) is 6.32. The average molecular weight is 433 g/mol. The molecule has 0 atom stereocenters. The molecule has 0 saturated carbocycles. The second-order valence-corrected chi connectivity index (χ2v) is 8.39. The predicted molar refractivity (Wildman–Crippen MR) is 120 cm³/mol. The summed E-state index contributed by atoms with van der Waals surface area (Å²) < 4.78 is 22.2. The van der Waals surface area contributed by atoms with Gasteiger partial charge in [0.15, 0.2) is 17.5 Å². The van der Waals surface area contributed by atoms with Crippen molar-refractivity contribution in [1.29, 1.82) is 0 Å². The summed E-state index contributed by atoms with van der Waals surface area (Å²) in [4.78, 5) is 7.46. The van der Waals surface area contributed by atoms with Gasteiger partial charge in [-0.05, 0) is 50.4 Å². The molecule has 1 aromatic rings. The first-order chi connectivity index (χ1) is 15.3. The van der Waals surface area contributed by atoms with Crippen molar-refractivity contribution >= 4 is 5.96 Å². The van der Waals surface area contributed by atoms with Gasteiger partial charge in [-0.25, -0.2) is 0 Å². The number of hydrogen-bond acceptors (Lipinski definition) is 6. The van der Waals surface area contributed by atoms with E-state index in [1.54, 1.807) is 0 Å². The van der Waals surface area contributed by atoms with E-state index in [4.69, 9.17) is 23.9 Å². The molecular weight excluding hydrogens is 396 g/mol. The van der Waals surface area contributed by atoms with Crippen molar-refractivity contribution in [2.45, 2.75) is 31.6 Å². The standard InChI is InChI=1S/C23H36N4O4/c1-2-24-22(25-8-3-9-27-10-14-29-15-11-27)26-17-23(6-12-28-13-7-23)19-4-5-20-21(16-19)31-18-30-20/h4-5,16H,2-3,6-15,17-18H2,1H3,(H2,24,25,26). The topological polar surface area (TPSA) is 76.6 Å².